The van der Waals surface area contributed by atoms with Crippen LogP contribution in [0.3, 0.4) is 0 Å². The molecule has 66 valence electrons. The molecule has 0 saturated heterocycles. The fraction of sp³-hybridized carbons (Fsp3) is 1.00. The Hall–Kier alpha value is -0.0800. The van der Waals surface area contributed by atoms with E-state index in [4.69, 9.17) is 5.11 Å². The maximum atomic E-state index is 8.98. The fourth-order valence-electron chi connectivity index (χ4n) is 1.28. The molecule has 0 aromatic rings. The first-order chi connectivity index (χ1) is 5.20. The average Bonchev–Trinajstić information content (AvgIpc) is 2.66. The minimum atomic E-state index is -0.158. The molecule has 0 unspecified atom stereocenters. The van der Waals surface area contributed by atoms with E-state index >= 15 is 0 Å². The van der Waals surface area contributed by atoms with Gasteiger partial charge in [-0.25, -0.2) is 0 Å². The summed E-state index contributed by atoms with van der Waals surface area (Å²) in [5, 5.41) is 12.4. The van der Waals surface area contributed by atoms with E-state index in [1.165, 1.54) is 12.8 Å². The number of nitrogens with one attached hydrogen (secondary N) is 1. The highest BCUT2D eigenvalue weighted by Crippen LogP contribution is 2.32. The third-order valence-corrected chi connectivity index (χ3v) is 2.36. The summed E-state index contributed by atoms with van der Waals surface area (Å²) in [5.41, 5.74) is 0. The molecule has 11 heavy (non-hydrogen) atoms. The van der Waals surface area contributed by atoms with Crippen molar-refractivity contribution in [3.05, 3.63) is 0 Å². The van der Waals surface area contributed by atoms with E-state index in [0.717, 1.165) is 18.9 Å². The Balaban J connectivity index is 1.93. The Kier molecular flexibility index (Phi) is 3.34. The second-order valence-corrected chi connectivity index (χ2v) is 3.72. The molecule has 0 radical (unpaired) electrons. The molecule has 0 aromatic heterocycles. The van der Waals surface area contributed by atoms with Crippen LogP contribution < -0.4 is 5.32 Å². The lowest BCUT2D eigenvalue weighted by Gasteiger charge is -2.12. The van der Waals surface area contributed by atoms with E-state index in [0.29, 0.717) is 6.04 Å². The highest BCUT2D eigenvalue weighted by Gasteiger charge is 2.27. The summed E-state index contributed by atoms with van der Waals surface area (Å²) < 4.78 is 0. The number of rotatable bonds is 5. The Labute approximate surface area is 69.0 Å². The molecule has 2 N–H and O–H groups in total. The fourth-order valence-corrected chi connectivity index (χ4v) is 1.28. The summed E-state index contributed by atoms with van der Waals surface area (Å²) in [4.78, 5) is 0. The topological polar surface area (TPSA) is 32.3 Å². The zero-order valence-corrected chi connectivity index (χ0v) is 7.51. The summed E-state index contributed by atoms with van der Waals surface area (Å²) in [5.74, 6) is 0.920. The van der Waals surface area contributed by atoms with Crippen LogP contribution in [0.25, 0.3) is 0 Å². The van der Waals surface area contributed by atoms with Crippen LogP contribution >= 0.6 is 0 Å². The molecule has 1 aliphatic carbocycles. The first-order valence-corrected chi connectivity index (χ1v) is 4.61. The molecule has 2 atom stereocenters. The van der Waals surface area contributed by atoms with Crippen LogP contribution in [0, 0.1) is 5.92 Å². The second kappa shape index (κ2) is 4.07. The minimum absolute atomic E-state index is 0.158. The molecule has 0 aromatic carbocycles. The van der Waals surface area contributed by atoms with Crippen LogP contribution in [0.1, 0.15) is 33.1 Å². The molecule has 1 aliphatic rings. The Morgan fingerprint density at radius 1 is 1.45 bits per heavy atom. The van der Waals surface area contributed by atoms with Crippen molar-refractivity contribution in [1.82, 2.24) is 5.32 Å². The molecule has 1 saturated carbocycles. The molecule has 0 aliphatic heterocycles. The molecule has 1 fully saturated rings. The molecule has 2 nitrogen and oxygen atoms in total. The van der Waals surface area contributed by atoms with Crippen molar-refractivity contribution >= 4 is 0 Å². The number of aliphatic hydroxyl groups excluding tert-OH is 1. The van der Waals surface area contributed by atoms with E-state index in [1.54, 1.807) is 0 Å². The molecule has 0 heterocycles. The van der Waals surface area contributed by atoms with Crippen molar-refractivity contribution in [2.75, 3.05) is 6.54 Å². The maximum Gasteiger partial charge on any atom is 0.0524 e. The standard InChI is InChI=1S/C9H19NO/c1-7(11)5-6-10-8(2)9-3-4-9/h7-11H,3-6H2,1-2H3/t7-,8+/m1/s1. The summed E-state index contributed by atoms with van der Waals surface area (Å²) in [6, 6.07) is 0.661. The third kappa shape index (κ3) is 3.73. The summed E-state index contributed by atoms with van der Waals surface area (Å²) >= 11 is 0. The van der Waals surface area contributed by atoms with Gasteiger partial charge >= 0.3 is 0 Å². The van der Waals surface area contributed by atoms with E-state index < -0.39 is 0 Å². The lowest BCUT2D eigenvalue weighted by molar-refractivity contribution is 0.182. The van der Waals surface area contributed by atoms with Crippen molar-refractivity contribution in [2.24, 2.45) is 5.92 Å². The largest absolute Gasteiger partial charge is 0.393 e. The van der Waals surface area contributed by atoms with Crippen molar-refractivity contribution in [2.45, 2.75) is 45.3 Å². The predicted octanol–water partition coefficient (Wildman–Crippen LogP) is 1.15. The van der Waals surface area contributed by atoms with Crippen LogP contribution in [-0.4, -0.2) is 23.8 Å². The second-order valence-electron chi connectivity index (χ2n) is 3.72. The van der Waals surface area contributed by atoms with Crippen LogP contribution in [0.5, 0.6) is 0 Å². The Morgan fingerprint density at radius 2 is 2.09 bits per heavy atom. The molecular weight excluding hydrogens is 138 g/mol. The van der Waals surface area contributed by atoms with E-state index in [2.05, 4.69) is 12.2 Å². The van der Waals surface area contributed by atoms with Gasteiger partial charge in [0.15, 0.2) is 0 Å². The predicted molar refractivity (Wildman–Crippen MR) is 46.5 cm³/mol. The van der Waals surface area contributed by atoms with Gasteiger partial charge in [0, 0.05) is 6.04 Å². The van der Waals surface area contributed by atoms with Gasteiger partial charge in [-0.1, -0.05) is 0 Å². The van der Waals surface area contributed by atoms with Crippen LogP contribution in [0.2, 0.25) is 0 Å². The Morgan fingerprint density at radius 3 is 2.55 bits per heavy atom. The zero-order valence-electron chi connectivity index (χ0n) is 7.51. The van der Waals surface area contributed by atoms with Crippen molar-refractivity contribution in [3.63, 3.8) is 0 Å². The zero-order chi connectivity index (χ0) is 8.27. The maximum absolute atomic E-state index is 8.98. The van der Waals surface area contributed by atoms with E-state index in [1.807, 2.05) is 6.92 Å². The highest BCUT2D eigenvalue weighted by atomic mass is 16.3. The van der Waals surface area contributed by atoms with Crippen LogP contribution in [0.15, 0.2) is 0 Å². The van der Waals surface area contributed by atoms with Crippen molar-refractivity contribution in [1.29, 1.82) is 0 Å². The number of aliphatic hydroxyl groups is 1. The van der Waals surface area contributed by atoms with Gasteiger partial charge in [-0.2, -0.15) is 0 Å². The van der Waals surface area contributed by atoms with Gasteiger partial charge in [-0.15, -0.1) is 0 Å². The van der Waals surface area contributed by atoms with E-state index in [9.17, 15) is 0 Å². The van der Waals surface area contributed by atoms with Gasteiger partial charge in [0.2, 0.25) is 0 Å². The SMILES string of the molecule is C[C@H](NCC[C@@H](C)O)C1CC1. The summed E-state index contributed by atoms with van der Waals surface area (Å²) in [6.07, 6.45) is 3.50. The molecule has 0 amide bonds. The third-order valence-electron chi connectivity index (χ3n) is 2.36. The van der Waals surface area contributed by atoms with Gasteiger partial charge in [0.05, 0.1) is 6.10 Å². The Bertz CT molecular complexity index is 110. The van der Waals surface area contributed by atoms with Gasteiger partial charge in [-0.05, 0) is 45.6 Å². The van der Waals surface area contributed by atoms with Gasteiger partial charge in [-0.3, -0.25) is 0 Å². The normalized spacial score (nSPS) is 23.2. The lowest BCUT2D eigenvalue weighted by atomic mass is 10.2. The molecular formula is C9H19NO. The first-order valence-electron chi connectivity index (χ1n) is 4.61. The minimum Gasteiger partial charge on any atom is -0.393 e. The van der Waals surface area contributed by atoms with Gasteiger partial charge < -0.3 is 10.4 Å². The molecule has 0 bridgehead atoms. The number of hydrogen-bond donors (Lipinski definition) is 2. The highest BCUT2D eigenvalue weighted by molar-refractivity contribution is 4.83. The van der Waals surface area contributed by atoms with Crippen molar-refractivity contribution < 1.29 is 5.11 Å². The van der Waals surface area contributed by atoms with Crippen LogP contribution in [-0.2, 0) is 0 Å². The first kappa shape index (κ1) is 9.01. The van der Waals surface area contributed by atoms with Crippen molar-refractivity contribution in [3.8, 4) is 0 Å². The molecule has 1 rings (SSSR count). The lowest BCUT2D eigenvalue weighted by Crippen LogP contribution is -2.30. The summed E-state index contributed by atoms with van der Waals surface area (Å²) in [7, 11) is 0. The monoisotopic (exact) mass is 157 g/mol. The quantitative estimate of drug-likeness (QED) is 0.627. The molecule has 0 spiro atoms. The van der Waals surface area contributed by atoms with E-state index in [-0.39, 0.29) is 6.10 Å². The smallest absolute Gasteiger partial charge is 0.0524 e. The number of hydrogen-bond acceptors (Lipinski definition) is 2. The average molecular weight is 157 g/mol. The van der Waals surface area contributed by atoms with Gasteiger partial charge in [0.25, 0.3) is 0 Å². The summed E-state index contributed by atoms with van der Waals surface area (Å²) in [6.45, 7) is 5.03. The molecule has 2 heteroatoms. The van der Waals surface area contributed by atoms with Gasteiger partial charge in [0.1, 0.15) is 0 Å². The van der Waals surface area contributed by atoms with Crippen LogP contribution in [0.4, 0.5) is 0 Å².